The zero-order valence-corrected chi connectivity index (χ0v) is 10.1. The normalized spacial score (nSPS) is 19.7. The number of hydrogen-bond donors (Lipinski definition) is 1. The summed E-state index contributed by atoms with van der Waals surface area (Å²) in [5.41, 5.74) is 0. The minimum absolute atomic E-state index is 0.399. The van der Waals surface area contributed by atoms with Crippen LogP contribution >= 0.6 is 11.3 Å². The van der Waals surface area contributed by atoms with E-state index in [1.54, 1.807) is 11.3 Å². The second kappa shape index (κ2) is 4.84. The van der Waals surface area contributed by atoms with Crippen LogP contribution in [0, 0.1) is 0 Å². The second-order valence-corrected chi connectivity index (χ2v) is 4.98. The lowest BCUT2D eigenvalue weighted by Crippen LogP contribution is -2.48. The van der Waals surface area contributed by atoms with Crippen LogP contribution in [0.15, 0.2) is 17.5 Å². The number of hydrogen-bond acceptors (Lipinski definition) is 3. The van der Waals surface area contributed by atoms with Gasteiger partial charge in [0.15, 0.2) is 0 Å². The van der Waals surface area contributed by atoms with Crippen molar-refractivity contribution in [2.45, 2.75) is 13.0 Å². The number of nitrogens with zero attached hydrogens (tertiary/aromatic N) is 2. The molecule has 1 aromatic heterocycles. The third-order valence-corrected chi connectivity index (χ3v) is 4.13. The highest BCUT2D eigenvalue weighted by atomic mass is 32.1. The number of carboxylic acid groups (broad SMARTS) is 1. The summed E-state index contributed by atoms with van der Waals surface area (Å²) in [5, 5.41) is 10.9. The van der Waals surface area contributed by atoms with Gasteiger partial charge in [-0.2, -0.15) is 0 Å². The van der Waals surface area contributed by atoms with Gasteiger partial charge in [0, 0.05) is 37.1 Å². The number of carbonyl (C=O) groups is 1. The van der Waals surface area contributed by atoms with Crippen molar-refractivity contribution in [3.05, 3.63) is 22.4 Å². The largest absolute Gasteiger partial charge is 0.465 e. The van der Waals surface area contributed by atoms with E-state index in [0.717, 1.165) is 13.1 Å². The fourth-order valence-corrected chi connectivity index (χ4v) is 2.83. The van der Waals surface area contributed by atoms with Gasteiger partial charge < -0.3 is 10.0 Å². The van der Waals surface area contributed by atoms with Gasteiger partial charge in [0.25, 0.3) is 0 Å². The Morgan fingerprint density at radius 3 is 2.62 bits per heavy atom. The van der Waals surface area contributed by atoms with E-state index in [4.69, 9.17) is 5.11 Å². The molecule has 2 heterocycles. The molecular weight excluding hydrogens is 224 g/mol. The molecule has 1 aromatic rings. The van der Waals surface area contributed by atoms with Crippen molar-refractivity contribution >= 4 is 17.4 Å². The average molecular weight is 240 g/mol. The number of thiophene rings is 1. The maximum absolute atomic E-state index is 10.8. The first kappa shape index (κ1) is 11.4. The summed E-state index contributed by atoms with van der Waals surface area (Å²) < 4.78 is 0. The fourth-order valence-electron chi connectivity index (χ4n) is 2.01. The van der Waals surface area contributed by atoms with E-state index >= 15 is 0 Å². The van der Waals surface area contributed by atoms with Crippen LogP contribution in [0.4, 0.5) is 4.79 Å². The number of amides is 1. The van der Waals surface area contributed by atoms with Crippen LogP contribution in [0.25, 0.3) is 0 Å². The Morgan fingerprint density at radius 1 is 1.44 bits per heavy atom. The first-order valence-electron chi connectivity index (χ1n) is 5.44. The van der Waals surface area contributed by atoms with Gasteiger partial charge in [-0.15, -0.1) is 11.3 Å². The van der Waals surface area contributed by atoms with E-state index in [-0.39, 0.29) is 0 Å². The van der Waals surface area contributed by atoms with E-state index in [1.165, 1.54) is 9.78 Å². The zero-order valence-electron chi connectivity index (χ0n) is 9.30. The fraction of sp³-hybridized carbons (Fsp3) is 0.545. The van der Waals surface area contributed by atoms with Crippen LogP contribution in [0.2, 0.25) is 0 Å². The highest BCUT2D eigenvalue weighted by molar-refractivity contribution is 7.10. The molecule has 1 atom stereocenters. The van der Waals surface area contributed by atoms with Crippen LogP contribution in [0.5, 0.6) is 0 Å². The van der Waals surface area contributed by atoms with Crippen molar-refractivity contribution in [1.82, 2.24) is 9.80 Å². The summed E-state index contributed by atoms with van der Waals surface area (Å²) in [5.74, 6) is 0. The molecule has 16 heavy (non-hydrogen) atoms. The number of piperazine rings is 1. The molecule has 1 N–H and O–H groups in total. The molecule has 2 rings (SSSR count). The van der Waals surface area contributed by atoms with Crippen LogP contribution in [0.1, 0.15) is 17.8 Å². The minimum Gasteiger partial charge on any atom is -0.465 e. The van der Waals surface area contributed by atoms with Gasteiger partial charge in [0.1, 0.15) is 0 Å². The molecule has 0 radical (unpaired) electrons. The first-order chi connectivity index (χ1) is 7.68. The smallest absolute Gasteiger partial charge is 0.407 e. The summed E-state index contributed by atoms with van der Waals surface area (Å²) in [7, 11) is 0. The third kappa shape index (κ3) is 2.36. The molecular formula is C11H16N2O2S. The van der Waals surface area contributed by atoms with E-state index in [2.05, 4.69) is 29.3 Å². The van der Waals surface area contributed by atoms with Gasteiger partial charge >= 0.3 is 6.09 Å². The molecule has 0 spiro atoms. The van der Waals surface area contributed by atoms with Crippen LogP contribution in [-0.4, -0.2) is 47.2 Å². The quantitative estimate of drug-likeness (QED) is 0.861. The molecule has 1 saturated heterocycles. The standard InChI is InChI=1S/C11H16N2O2S/c1-9(10-3-2-8-16-10)12-4-6-13(7-5-12)11(14)15/h2-3,8-9H,4-7H2,1H3,(H,14,15). The van der Waals surface area contributed by atoms with Crippen LogP contribution in [-0.2, 0) is 0 Å². The Kier molecular flexibility index (Phi) is 3.46. The Bertz CT molecular complexity index is 345. The lowest BCUT2D eigenvalue weighted by atomic mass is 10.2. The van der Waals surface area contributed by atoms with Gasteiger partial charge in [-0.3, -0.25) is 4.90 Å². The summed E-state index contributed by atoms with van der Waals surface area (Å²) in [6.45, 7) is 5.06. The molecule has 0 aromatic carbocycles. The summed E-state index contributed by atoms with van der Waals surface area (Å²) in [4.78, 5) is 15.9. The van der Waals surface area contributed by atoms with E-state index in [9.17, 15) is 4.79 Å². The Morgan fingerprint density at radius 2 is 2.12 bits per heavy atom. The summed E-state index contributed by atoms with van der Waals surface area (Å²) in [6.07, 6.45) is -0.802. The lowest BCUT2D eigenvalue weighted by molar-refractivity contribution is 0.0896. The van der Waals surface area contributed by atoms with Crippen molar-refractivity contribution in [2.75, 3.05) is 26.2 Å². The molecule has 1 fully saturated rings. The Labute approximate surface area is 99.1 Å². The molecule has 0 bridgehead atoms. The summed E-state index contributed by atoms with van der Waals surface area (Å²) in [6, 6.07) is 4.60. The molecule has 1 aliphatic rings. The van der Waals surface area contributed by atoms with Crippen molar-refractivity contribution in [3.63, 3.8) is 0 Å². The number of rotatable bonds is 2. The molecule has 1 unspecified atom stereocenters. The van der Waals surface area contributed by atoms with Gasteiger partial charge in [0.2, 0.25) is 0 Å². The predicted molar refractivity (Wildman–Crippen MR) is 63.9 cm³/mol. The van der Waals surface area contributed by atoms with Gasteiger partial charge in [-0.05, 0) is 18.4 Å². The molecule has 1 aliphatic heterocycles. The molecule has 0 aliphatic carbocycles. The Balaban J connectivity index is 1.92. The van der Waals surface area contributed by atoms with Gasteiger partial charge in [-0.25, -0.2) is 4.79 Å². The summed E-state index contributed by atoms with van der Waals surface area (Å²) >= 11 is 1.76. The van der Waals surface area contributed by atoms with Gasteiger partial charge in [-0.1, -0.05) is 6.07 Å². The minimum atomic E-state index is -0.802. The molecule has 5 heteroatoms. The highest BCUT2D eigenvalue weighted by Gasteiger charge is 2.24. The maximum Gasteiger partial charge on any atom is 0.407 e. The lowest BCUT2D eigenvalue weighted by Gasteiger charge is -2.36. The topological polar surface area (TPSA) is 43.8 Å². The molecule has 0 saturated carbocycles. The van der Waals surface area contributed by atoms with Crippen molar-refractivity contribution in [1.29, 1.82) is 0 Å². The second-order valence-electron chi connectivity index (χ2n) is 4.00. The van der Waals surface area contributed by atoms with Crippen LogP contribution in [0.3, 0.4) is 0 Å². The highest BCUT2D eigenvalue weighted by Crippen LogP contribution is 2.25. The van der Waals surface area contributed by atoms with Crippen molar-refractivity contribution in [2.24, 2.45) is 0 Å². The SMILES string of the molecule is CC(c1cccs1)N1CCN(C(=O)O)CC1. The molecule has 88 valence electrons. The molecule has 1 amide bonds. The van der Waals surface area contributed by atoms with E-state index in [1.807, 2.05) is 0 Å². The molecule has 4 nitrogen and oxygen atoms in total. The maximum atomic E-state index is 10.8. The third-order valence-electron chi connectivity index (χ3n) is 3.09. The zero-order chi connectivity index (χ0) is 11.5. The monoisotopic (exact) mass is 240 g/mol. The first-order valence-corrected chi connectivity index (χ1v) is 6.32. The van der Waals surface area contributed by atoms with E-state index < -0.39 is 6.09 Å². The predicted octanol–water partition coefficient (Wildman–Crippen LogP) is 2.10. The van der Waals surface area contributed by atoms with Crippen molar-refractivity contribution in [3.8, 4) is 0 Å². The van der Waals surface area contributed by atoms with E-state index in [0.29, 0.717) is 19.1 Å². The average Bonchev–Trinajstić information content (AvgIpc) is 2.81. The van der Waals surface area contributed by atoms with Crippen molar-refractivity contribution < 1.29 is 9.90 Å². The Hall–Kier alpha value is -1.07. The van der Waals surface area contributed by atoms with Gasteiger partial charge in [0.05, 0.1) is 0 Å². The van der Waals surface area contributed by atoms with Crippen LogP contribution < -0.4 is 0 Å².